The number of imide groups is 2. The van der Waals surface area contributed by atoms with E-state index in [2.05, 4.69) is 22.1 Å². The number of benzene rings is 1. The van der Waals surface area contributed by atoms with E-state index in [4.69, 9.17) is 0 Å². The van der Waals surface area contributed by atoms with Crippen molar-refractivity contribution in [2.45, 2.75) is 70.8 Å². The standard InChI is InChI=1S/C28H38N4O5/c1-4-19(2)17-25(34)29-15-9-7-5-6-8-10-16-31(3)20-11-12-21-22(18-20)28(37)32(27(21)36)23-13-14-24(33)30-26(23)35/h4,11-12,18-19,23H,1,5-10,13-17H2,2-3H3,(H,29,34)(H,30,33,35). The number of rotatable bonds is 14. The molecule has 1 aromatic carbocycles. The molecule has 0 radical (unpaired) electrons. The number of hydrogen-bond acceptors (Lipinski definition) is 6. The third-order valence-electron chi connectivity index (χ3n) is 7.02. The predicted molar refractivity (Wildman–Crippen MR) is 141 cm³/mol. The van der Waals surface area contributed by atoms with E-state index in [0.29, 0.717) is 24.1 Å². The minimum Gasteiger partial charge on any atom is -0.375 e. The van der Waals surface area contributed by atoms with Crippen LogP contribution in [0.2, 0.25) is 0 Å². The van der Waals surface area contributed by atoms with E-state index in [-0.39, 0.29) is 30.6 Å². The highest BCUT2D eigenvalue weighted by atomic mass is 16.2. The minimum absolute atomic E-state index is 0.0803. The van der Waals surface area contributed by atoms with Crippen LogP contribution in [0.1, 0.15) is 85.4 Å². The minimum atomic E-state index is -0.955. The summed E-state index contributed by atoms with van der Waals surface area (Å²) in [7, 11) is 1.96. The first kappa shape index (κ1) is 28.1. The molecule has 1 aromatic rings. The first-order chi connectivity index (χ1) is 17.7. The molecule has 0 saturated carbocycles. The Bertz CT molecular complexity index is 1050. The molecule has 0 aromatic heterocycles. The van der Waals surface area contributed by atoms with Crippen molar-refractivity contribution >= 4 is 35.2 Å². The lowest BCUT2D eigenvalue weighted by molar-refractivity contribution is -0.136. The van der Waals surface area contributed by atoms with E-state index in [1.54, 1.807) is 18.2 Å². The summed E-state index contributed by atoms with van der Waals surface area (Å²) in [5.41, 5.74) is 1.43. The van der Waals surface area contributed by atoms with Gasteiger partial charge in [-0.3, -0.25) is 34.2 Å². The fraction of sp³-hybridized carbons (Fsp3) is 0.536. The summed E-state index contributed by atoms with van der Waals surface area (Å²) in [5.74, 6) is -1.70. The number of carbonyl (C=O) groups excluding carboxylic acids is 5. The number of fused-ring (bicyclic) bond motifs is 1. The first-order valence-corrected chi connectivity index (χ1v) is 13.2. The molecule has 2 aliphatic heterocycles. The van der Waals surface area contributed by atoms with Crippen molar-refractivity contribution in [2.24, 2.45) is 5.92 Å². The van der Waals surface area contributed by atoms with E-state index in [0.717, 1.165) is 55.7 Å². The van der Waals surface area contributed by atoms with E-state index in [1.807, 2.05) is 20.0 Å². The van der Waals surface area contributed by atoms with Crippen LogP contribution in [0, 0.1) is 5.92 Å². The van der Waals surface area contributed by atoms with Crippen LogP contribution in [-0.4, -0.2) is 60.6 Å². The van der Waals surface area contributed by atoms with Gasteiger partial charge in [0.05, 0.1) is 11.1 Å². The molecule has 9 nitrogen and oxygen atoms in total. The number of unbranched alkanes of at least 4 members (excludes halogenated alkanes) is 5. The number of nitrogens with zero attached hydrogens (tertiary/aromatic N) is 2. The first-order valence-electron chi connectivity index (χ1n) is 13.2. The third-order valence-corrected chi connectivity index (χ3v) is 7.02. The molecular weight excluding hydrogens is 472 g/mol. The molecule has 200 valence electrons. The number of carbonyl (C=O) groups is 5. The van der Waals surface area contributed by atoms with E-state index in [9.17, 15) is 24.0 Å². The lowest BCUT2D eigenvalue weighted by Crippen LogP contribution is -2.54. The zero-order valence-corrected chi connectivity index (χ0v) is 21.9. The molecule has 1 fully saturated rings. The molecule has 2 heterocycles. The van der Waals surface area contributed by atoms with Crippen LogP contribution in [0.3, 0.4) is 0 Å². The summed E-state index contributed by atoms with van der Waals surface area (Å²) in [6.07, 6.45) is 8.91. The molecule has 2 unspecified atom stereocenters. The maximum absolute atomic E-state index is 13.0. The number of nitrogens with one attached hydrogen (secondary N) is 2. The highest BCUT2D eigenvalue weighted by molar-refractivity contribution is 6.23. The van der Waals surface area contributed by atoms with Crippen LogP contribution in [-0.2, 0) is 14.4 Å². The largest absolute Gasteiger partial charge is 0.375 e. The molecule has 2 atom stereocenters. The average molecular weight is 511 g/mol. The van der Waals surface area contributed by atoms with Gasteiger partial charge in [0, 0.05) is 38.7 Å². The highest BCUT2D eigenvalue weighted by Crippen LogP contribution is 2.30. The molecule has 0 spiro atoms. The van der Waals surface area contributed by atoms with Gasteiger partial charge in [0.25, 0.3) is 11.8 Å². The Morgan fingerprint density at radius 3 is 2.49 bits per heavy atom. The van der Waals surface area contributed by atoms with Gasteiger partial charge in [0.2, 0.25) is 17.7 Å². The van der Waals surface area contributed by atoms with Gasteiger partial charge in [-0.2, -0.15) is 0 Å². The summed E-state index contributed by atoms with van der Waals surface area (Å²) in [6.45, 7) is 7.21. The van der Waals surface area contributed by atoms with Gasteiger partial charge in [-0.1, -0.05) is 38.7 Å². The van der Waals surface area contributed by atoms with Gasteiger partial charge in [0.15, 0.2) is 0 Å². The second-order valence-corrected chi connectivity index (χ2v) is 9.99. The fourth-order valence-electron chi connectivity index (χ4n) is 4.68. The van der Waals surface area contributed by atoms with E-state index < -0.39 is 23.8 Å². The zero-order chi connectivity index (χ0) is 26.9. The van der Waals surface area contributed by atoms with Gasteiger partial charge in [-0.15, -0.1) is 6.58 Å². The second-order valence-electron chi connectivity index (χ2n) is 9.99. The van der Waals surface area contributed by atoms with Crippen LogP contribution >= 0.6 is 0 Å². The van der Waals surface area contributed by atoms with Crippen molar-refractivity contribution in [2.75, 3.05) is 25.0 Å². The average Bonchev–Trinajstić information content (AvgIpc) is 3.12. The Morgan fingerprint density at radius 1 is 1.11 bits per heavy atom. The van der Waals surface area contributed by atoms with E-state index >= 15 is 0 Å². The Balaban J connectivity index is 1.38. The quantitative estimate of drug-likeness (QED) is 0.226. The molecule has 9 heteroatoms. The molecule has 2 aliphatic rings. The monoisotopic (exact) mass is 510 g/mol. The Labute approximate surface area is 218 Å². The predicted octanol–water partition coefficient (Wildman–Crippen LogP) is 3.19. The smallest absolute Gasteiger partial charge is 0.262 e. The number of anilines is 1. The Kier molecular flexibility index (Phi) is 10.00. The fourth-order valence-corrected chi connectivity index (χ4v) is 4.68. The maximum atomic E-state index is 13.0. The molecule has 0 aliphatic carbocycles. The Morgan fingerprint density at radius 2 is 1.78 bits per heavy atom. The zero-order valence-electron chi connectivity index (χ0n) is 21.9. The molecular formula is C28H38N4O5. The Hall–Kier alpha value is -3.49. The second kappa shape index (κ2) is 13.2. The van der Waals surface area contributed by atoms with Gasteiger partial charge in [-0.25, -0.2) is 0 Å². The van der Waals surface area contributed by atoms with Crippen molar-refractivity contribution < 1.29 is 24.0 Å². The van der Waals surface area contributed by atoms with Crippen LogP contribution in [0.5, 0.6) is 0 Å². The van der Waals surface area contributed by atoms with Crippen LogP contribution in [0.15, 0.2) is 30.9 Å². The number of piperidine rings is 1. The normalized spacial score (nSPS) is 17.9. The van der Waals surface area contributed by atoms with Crippen molar-refractivity contribution in [1.82, 2.24) is 15.5 Å². The molecule has 5 amide bonds. The molecule has 3 rings (SSSR count). The summed E-state index contributed by atoms with van der Waals surface area (Å²) in [5, 5.41) is 5.17. The van der Waals surface area contributed by atoms with Crippen LogP contribution in [0.4, 0.5) is 5.69 Å². The molecule has 0 bridgehead atoms. The van der Waals surface area contributed by atoms with E-state index in [1.165, 1.54) is 0 Å². The lowest BCUT2D eigenvalue weighted by Gasteiger charge is -2.27. The van der Waals surface area contributed by atoms with Gasteiger partial charge >= 0.3 is 0 Å². The SMILES string of the molecule is C=CC(C)CC(=O)NCCCCCCCCN(C)c1ccc2c(c1)C(=O)N(C1CCC(=O)NC1=O)C2=O. The lowest BCUT2D eigenvalue weighted by atomic mass is 10.0. The van der Waals surface area contributed by atoms with Gasteiger partial charge in [0.1, 0.15) is 6.04 Å². The van der Waals surface area contributed by atoms with Crippen LogP contribution in [0.25, 0.3) is 0 Å². The topological polar surface area (TPSA) is 116 Å². The maximum Gasteiger partial charge on any atom is 0.262 e. The number of allylic oxidation sites excluding steroid dienone is 1. The van der Waals surface area contributed by atoms with Crippen molar-refractivity contribution in [1.29, 1.82) is 0 Å². The molecule has 37 heavy (non-hydrogen) atoms. The van der Waals surface area contributed by atoms with Gasteiger partial charge < -0.3 is 10.2 Å². The highest BCUT2D eigenvalue weighted by Gasteiger charge is 2.44. The summed E-state index contributed by atoms with van der Waals surface area (Å²) >= 11 is 0. The molecule has 2 N–H and O–H groups in total. The summed E-state index contributed by atoms with van der Waals surface area (Å²) < 4.78 is 0. The third kappa shape index (κ3) is 7.27. The summed E-state index contributed by atoms with van der Waals surface area (Å²) in [6, 6.07) is 4.22. The molecule has 1 saturated heterocycles. The number of amides is 5. The van der Waals surface area contributed by atoms with Crippen LogP contribution < -0.4 is 15.5 Å². The van der Waals surface area contributed by atoms with Crippen molar-refractivity contribution in [3.05, 3.63) is 42.0 Å². The van der Waals surface area contributed by atoms with Gasteiger partial charge in [-0.05, 0) is 43.4 Å². The number of hydrogen-bond donors (Lipinski definition) is 2. The summed E-state index contributed by atoms with van der Waals surface area (Å²) in [4.78, 5) is 64.3. The van der Waals surface area contributed by atoms with Crippen molar-refractivity contribution in [3.8, 4) is 0 Å². The van der Waals surface area contributed by atoms with Crippen molar-refractivity contribution in [3.63, 3.8) is 0 Å².